The van der Waals surface area contributed by atoms with Crippen molar-refractivity contribution < 1.29 is 13.5 Å². The third-order valence-corrected chi connectivity index (χ3v) is 1.86. The molecule has 0 bridgehead atoms. The minimum Gasteiger partial charge on any atom is -0.495 e. The lowest BCUT2D eigenvalue weighted by molar-refractivity contribution is 0.140. The Balaban J connectivity index is 2.55. The van der Waals surface area contributed by atoms with Gasteiger partial charge in [0.2, 0.25) is 0 Å². The quantitative estimate of drug-likeness (QED) is 0.761. The summed E-state index contributed by atoms with van der Waals surface area (Å²) in [6, 6.07) is 1.64. The van der Waals surface area contributed by atoms with Crippen LogP contribution in [0.2, 0.25) is 0 Å². The van der Waals surface area contributed by atoms with E-state index in [9.17, 15) is 8.78 Å². The molecule has 2 rings (SSSR count). The molecular formula is C9H7F2N3O. The zero-order chi connectivity index (χ0) is 10.8. The molecule has 0 saturated heterocycles. The Morgan fingerprint density at radius 3 is 2.73 bits per heavy atom. The third kappa shape index (κ3) is 1.83. The number of aromatic nitrogens is 3. The zero-order valence-electron chi connectivity index (χ0n) is 7.82. The number of hydrogen-bond donors (Lipinski definition) is 0. The van der Waals surface area contributed by atoms with Crippen LogP contribution in [-0.4, -0.2) is 22.1 Å². The van der Waals surface area contributed by atoms with Crippen molar-refractivity contribution in [3.05, 3.63) is 24.3 Å². The molecule has 0 atom stereocenters. The van der Waals surface area contributed by atoms with Gasteiger partial charge >= 0.3 is 0 Å². The van der Waals surface area contributed by atoms with E-state index < -0.39 is 12.2 Å². The average Bonchev–Trinajstić information content (AvgIpc) is 2.27. The lowest BCUT2D eigenvalue weighted by Crippen LogP contribution is -1.97. The Morgan fingerprint density at radius 1 is 1.27 bits per heavy atom. The second kappa shape index (κ2) is 3.72. The molecule has 0 unspecified atom stereocenters. The topological polar surface area (TPSA) is 47.9 Å². The molecule has 2 aromatic heterocycles. The van der Waals surface area contributed by atoms with E-state index in [4.69, 9.17) is 4.74 Å². The SMILES string of the molecule is COc1cnc2nc(C(F)F)ncc2c1. The highest BCUT2D eigenvalue weighted by Gasteiger charge is 2.11. The largest absolute Gasteiger partial charge is 0.495 e. The molecule has 78 valence electrons. The maximum absolute atomic E-state index is 12.3. The fourth-order valence-electron chi connectivity index (χ4n) is 1.13. The van der Waals surface area contributed by atoms with Crippen molar-refractivity contribution in [3.63, 3.8) is 0 Å². The summed E-state index contributed by atoms with van der Waals surface area (Å²) in [5.41, 5.74) is 0.237. The average molecular weight is 211 g/mol. The van der Waals surface area contributed by atoms with Crippen LogP contribution in [0.3, 0.4) is 0 Å². The van der Waals surface area contributed by atoms with Crippen LogP contribution in [-0.2, 0) is 0 Å². The first-order valence-electron chi connectivity index (χ1n) is 4.15. The van der Waals surface area contributed by atoms with Crippen molar-refractivity contribution in [3.8, 4) is 5.75 Å². The van der Waals surface area contributed by atoms with Gasteiger partial charge in [-0.25, -0.2) is 23.7 Å². The summed E-state index contributed by atoms with van der Waals surface area (Å²) in [5, 5.41) is 0.568. The Labute approximate surface area is 83.9 Å². The molecule has 0 fully saturated rings. The van der Waals surface area contributed by atoms with Gasteiger partial charge in [-0.1, -0.05) is 0 Å². The van der Waals surface area contributed by atoms with Crippen LogP contribution >= 0.6 is 0 Å². The van der Waals surface area contributed by atoms with Crippen molar-refractivity contribution in [1.29, 1.82) is 0 Å². The number of hydrogen-bond acceptors (Lipinski definition) is 4. The molecule has 2 aromatic rings. The maximum atomic E-state index is 12.3. The van der Waals surface area contributed by atoms with Crippen LogP contribution in [0.1, 0.15) is 12.2 Å². The van der Waals surface area contributed by atoms with E-state index in [0.29, 0.717) is 11.1 Å². The fraction of sp³-hybridized carbons (Fsp3) is 0.222. The fourth-order valence-corrected chi connectivity index (χ4v) is 1.13. The van der Waals surface area contributed by atoms with Gasteiger partial charge in [-0.3, -0.25) is 0 Å². The van der Waals surface area contributed by atoms with Crippen LogP contribution in [0.25, 0.3) is 11.0 Å². The molecular weight excluding hydrogens is 204 g/mol. The van der Waals surface area contributed by atoms with Gasteiger partial charge in [-0.05, 0) is 6.07 Å². The van der Waals surface area contributed by atoms with Gasteiger partial charge in [0.15, 0.2) is 11.5 Å². The molecule has 0 amide bonds. The molecule has 0 radical (unpaired) electrons. The number of methoxy groups -OCH3 is 1. The Bertz CT molecular complexity index is 490. The standard InChI is InChI=1S/C9H7F2N3O/c1-15-6-2-5-3-12-9(7(10)11)14-8(5)13-4-6/h2-4,7H,1H3. The molecule has 0 aromatic carbocycles. The van der Waals surface area contributed by atoms with Crippen LogP contribution in [0.4, 0.5) is 8.78 Å². The highest BCUT2D eigenvalue weighted by atomic mass is 19.3. The summed E-state index contributed by atoms with van der Waals surface area (Å²) in [4.78, 5) is 11.0. The number of alkyl halides is 2. The second-order valence-electron chi connectivity index (χ2n) is 2.82. The van der Waals surface area contributed by atoms with Crippen molar-refractivity contribution in [2.24, 2.45) is 0 Å². The van der Waals surface area contributed by atoms with Crippen molar-refractivity contribution in [2.75, 3.05) is 7.11 Å². The maximum Gasteiger partial charge on any atom is 0.297 e. The predicted molar refractivity (Wildman–Crippen MR) is 48.8 cm³/mol. The minimum absolute atomic E-state index is 0.237. The van der Waals surface area contributed by atoms with Gasteiger partial charge in [-0.15, -0.1) is 0 Å². The van der Waals surface area contributed by atoms with Crippen molar-refractivity contribution in [2.45, 2.75) is 6.43 Å². The second-order valence-corrected chi connectivity index (χ2v) is 2.82. The molecule has 0 saturated carbocycles. The van der Waals surface area contributed by atoms with Crippen molar-refractivity contribution >= 4 is 11.0 Å². The van der Waals surface area contributed by atoms with E-state index in [2.05, 4.69) is 15.0 Å². The van der Waals surface area contributed by atoms with Crippen molar-refractivity contribution in [1.82, 2.24) is 15.0 Å². The number of rotatable bonds is 2. The van der Waals surface area contributed by atoms with Crippen LogP contribution in [0.5, 0.6) is 5.75 Å². The van der Waals surface area contributed by atoms with E-state index in [1.54, 1.807) is 6.07 Å². The lowest BCUT2D eigenvalue weighted by atomic mass is 10.3. The van der Waals surface area contributed by atoms with Crippen LogP contribution in [0, 0.1) is 0 Å². The number of ether oxygens (including phenoxy) is 1. The van der Waals surface area contributed by atoms with E-state index in [-0.39, 0.29) is 5.65 Å². The summed E-state index contributed by atoms with van der Waals surface area (Å²) in [6.45, 7) is 0. The molecule has 0 aliphatic heterocycles. The highest BCUT2D eigenvalue weighted by Crippen LogP contribution is 2.19. The van der Waals surface area contributed by atoms with Crippen LogP contribution in [0.15, 0.2) is 18.5 Å². The number of nitrogens with zero attached hydrogens (tertiary/aromatic N) is 3. The number of fused-ring (bicyclic) bond motifs is 1. The molecule has 2 heterocycles. The predicted octanol–water partition coefficient (Wildman–Crippen LogP) is 1.97. The van der Waals surface area contributed by atoms with Gasteiger partial charge in [0.1, 0.15) is 5.75 Å². The van der Waals surface area contributed by atoms with Gasteiger partial charge in [0, 0.05) is 11.6 Å². The summed E-state index contributed by atoms with van der Waals surface area (Å²) in [6.07, 6.45) is 0.0440. The van der Waals surface area contributed by atoms with E-state index in [0.717, 1.165) is 0 Å². The summed E-state index contributed by atoms with van der Waals surface area (Å²) in [5.74, 6) is 0.0241. The van der Waals surface area contributed by atoms with E-state index >= 15 is 0 Å². The molecule has 0 aliphatic rings. The molecule has 15 heavy (non-hydrogen) atoms. The molecule has 0 N–H and O–H groups in total. The summed E-state index contributed by atoms with van der Waals surface area (Å²) >= 11 is 0. The minimum atomic E-state index is -2.68. The highest BCUT2D eigenvalue weighted by molar-refractivity contribution is 5.74. The molecule has 0 spiro atoms. The van der Waals surface area contributed by atoms with Gasteiger partial charge < -0.3 is 4.74 Å². The monoisotopic (exact) mass is 211 g/mol. The first-order chi connectivity index (χ1) is 7.20. The normalized spacial score (nSPS) is 10.9. The van der Waals surface area contributed by atoms with E-state index in [1.165, 1.54) is 19.5 Å². The first-order valence-corrected chi connectivity index (χ1v) is 4.15. The molecule has 0 aliphatic carbocycles. The van der Waals surface area contributed by atoms with Gasteiger partial charge in [0.05, 0.1) is 13.3 Å². The number of pyridine rings is 1. The Morgan fingerprint density at radius 2 is 2.07 bits per heavy atom. The Hall–Kier alpha value is -1.85. The molecule has 4 nitrogen and oxygen atoms in total. The number of halogens is 2. The first kappa shape index (κ1) is 9.70. The Kier molecular flexibility index (Phi) is 2.40. The van der Waals surface area contributed by atoms with Gasteiger partial charge in [0.25, 0.3) is 6.43 Å². The summed E-state index contributed by atoms with van der Waals surface area (Å²) in [7, 11) is 1.50. The molecule has 6 heteroatoms. The summed E-state index contributed by atoms with van der Waals surface area (Å²) < 4.78 is 29.5. The smallest absolute Gasteiger partial charge is 0.297 e. The third-order valence-electron chi connectivity index (χ3n) is 1.86. The van der Waals surface area contributed by atoms with Gasteiger partial charge in [-0.2, -0.15) is 0 Å². The van der Waals surface area contributed by atoms with Crippen LogP contribution < -0.4 is 4.74 Å². The van der Waals surface area contributed by atoms with E-state index in [1.807, 2.05) is 0 Å². The lowest BCUT2D eigenvalue weighted by Gasteiger charge is -2.02. The zero-order valence-corrected chi connectivity index (χ0v) is 7.82.